The van der Waals surface area contributed by atoms with Gasteiger partial charge in [-0.1, -0.05) is 6.92 Å². The Bertz CT molecular complexity index is 945. The SMILES string of the molecule is CCc1cc2c(N3CCC(C(=O)NC(C)CCc4ccco4)CC3)ncnc2s1. The van der Waals surface area contributed by atoms with Crippen LogP contribution in [0.2, 0.25) is 0 Å². The predicted molar refractivity (Wildman–Crippen MR) is 116 cm³/mol. The van der Waals surface area contributed by atoms with Gasteiger partial charge in [-0.25, -0.2) is 9.97 Å². The number of fused-ring (bicyclic) bond motifs is 1. The van der Waals surface area contributed by atoms with Crippen LogP contribution >= 0.6 is 11.3 Å². The fourth-order valence-electron chi connectivity index (χ4n) is 3.92. The van der Waals surface area contributed by atoms with Crippen LogP contribution in [0, 0.1) is 5.92 Å². The minimum absolute atomic E-state index is 0.0725. The lowest BCUT2D eigenvalue weighted by Gasteiger charge is -2.32. The van der Waals surface area contributed by atoms with Crippen molar-refractivity contribution in [1.29, 1.82) is 0 Å². The number of aryl methyl sites for hydroxylation is 2. The van der Waals surface area contributed by atoms with Crippen molar-refractivity contribution in [2.24, 2.45) is 5.92 Å². The van der Waals surface area contributed by atoms with Crippen LogP contribution in [0.1, 0.15) is 43.7 Å². The quantitative estimate of drug-likeness (QED) is 0.630. The number of amides is 1. The third kappa shape index (κ3) is 4.61. The average molecular weight is 413 g/mol. The summed E-state index contributed by atoms with van der Waals surface area (Å²) in [5.41, 5.74) is 0. The molecule has 1 aliphatic heterocycles. The standard InChI is InChI=1S/C22H28N4O2S/c1-3-18-13-19-20(23-14-24-22(19)29-18)26-10-8-16(9-11-26)21(27)25-15(2)6-7-17-5-4-12-28-17/h4-5,12-16H,3,6-11H2,1-2H3,(H,25,27). The molecule has 0 saturated carbocycles. The Labute approximate surface area is 175 Å². The first kappa shape index (κ1) is 19.9. The monoisotopic (exact) mass is 412 g/mol. The molecule has 3 aromatic heterocycles. The topological polar surface area (TPSA) is 71.3 Å². The molecule has 0 spiro atoms. The number of carbonyl (C=O) groups is 1. The van der Waals surface area contributed by atoms with E-state index < -0.39 is 0 Å². The van der Waals surface area contributed by atoms with Crippen molar-refractivity contribution >= 4 is 33.3 Å². The highest BCUT2D eigenvalue weighted by Crippen LogP contribution is 2.32. The lowest BCUT2D eigenvalue weighted by Crippen LogP contribution is -2.43. The van der Waals surface area contributed by atoms with Crippen LogP contribution in [0.3, 0.4) is 0 Å². The zero-order valence-electron chi connectivity index (χ0n) is 17.1. The van der Waals surface area contributed by atoms with Gasteiger partial charge < -0.3 is 14.6 Å². The van der Waals surface area contributed by atoms with E-state index in [1.54, 1.807) is 23.9 Å². The Morgan fingerprint density at radius 3 is 2.93 bits per heavy atom. The summed E-state index contributed by atoms with van der Waals surface area (Å²) >= 11 is 1.74. The Morgan fingerprint density at radius 1 is 1.38 bits per heavy atom. The zero-order chi connectivity index (χ0) is 20.2. The van der Waals surface area contributed by atoms with Gasteiger partial charge in [-0.3, -0.25) is 4.79 Å². The van der Waals surface area contributed by atoms with E-state index in [1.807, 2.05) is 12.1 Å². The molecule has 3 aromatic rings. The molecule has 0 aliphatic carbocycles. The molecule has 7 heteroatoms. The molecule has 154 valence electrons. The molecular formula is C22H28N4O2S. The van der Waals surface area contributed by atoms with E-state index >= 15 is 0 Å². The van der Waals surface area contributed by atoms with E-state index in [1.165, 1.54) is 4.88 Å². The van der Waals surface area contributed by atoms with Gasteiger partial charge in [-0.15, -0.1) is 11.3 Å². The molecule has 1 unspecified atom stereocenters. The number of rotatable bonds is 7. The van der Waals surface area contributed by atoms with Crippen molar-refractivity contribution in [3.63, 3.8) is 0 Å². The average Bonchev–Trinajstić information content (AvgIpc) is 3.41. The van der Waals surface area contributed by atoms with E-state index in [4.69, 9.17) is 4.42 Å². The molecule has 1 atom stereocenters. The number of nitrogens with zero attached hydrogens (tertiary/aromatic N) is 3. The molecule has 1 aliphatic rings. The van der Waals surface area contributed by atoms with E-state index in [-0.39, 0.29) is 17.9 Å². The Morgan fingerprint density at radius 2 is 2.21 bits per heavy atom. The Balaban J connectivity index is 1.31. The van der Waals surface area contributed by atoms with Crippen molar-refractivity contribution in [3.8, 4) is 0 Å². The molecule has 29 heavy (non-hydrogen) atoms. The second-order valence-corrected chi connectivity index (χ2v) is 8.89. The minimum atomic E-state index is 0.0725. The smallest absolute Gasteiger partial charge is 0.223 e. The molecule has 4 heterocycles. The number of carbonyl (C=O) groups excluding carboxylic acids is 1. The van der Waals surface area contributed by atoms with Crippen molar-refractivity contribution in [1.82, 2.24) is 15.3 Å². The largest absolute Gasteiger partial charge is 0.469 e. The highest BCUT2D eigenvalue weighted by molar-refractivity contribution is 7.18. The van der Waals surface area contributed by atoms with Crippen molar-refractivity contribution < 1.29 is 9.21 Å². The van der Waals surface area contributed by atoms with Gasteiger partial charge in [0, 0.05) is 36.3 Å². The number of anilines is 1. The first-order valence-electron chi connectivity index (χ1n) is 10.4. The molecule has 1 saturated heterocycles. The van der Waals surface area contributed by atoms with Crippen molar-refractivity contribution in [3.05, 3.63) is 41.4 Å². The maximum atomic E-state index is 12.7. The fraction of sp³-hybridized carbons (Fsp3) is 0.500. The summed E-state index contributed by atoms with van der Waals surface area (Å²) in [5.74, 6) is 2.23. The van der Waals surface area contributed by atoms with Crippen molar-refractivity contribution in [2.75, 3.05) is 18.0 Å². The molecule has 0 aromatic carbocycles. The molecule has 0 radical (unpaired) electrons. The van der Waals surface area contributed by atoms with Crippen LogP contribution < -0.4 is 10.2 Å². The van der Waals surface area contributed by atoms with Crippen LogP contribution in [-0.2, 0) is 17.6 Å². The number of aromatic nitrogens is 2. The Kier molecular flexibility index (Phi) is 6.13. The number of piperidine rings is 1. The lowest BCUT2D eigenvalue weighted by atomic mass is 9.95. The number of nitrogens with one attached hydrogen (secondary N) is 1. The van der Waals surface area contributed by atoms with Crippen LogP contribution in [0.5, 0.6) is 0 Å². The second kappa shape index (κ2) is 8.95. The molecule has 1 amide bonds. The summed E-state index contributed by atoms with van der Waals surface area (Å²) in [6.07, 6.45) is 7.80. The summed E-state index contributed by atoms with van der Waals surface area (Å²) in [6.45, 7) is 5.93. The summed E-state index contributed by atoms with van der Waals surface area (Å²) in [6, 6.07) is 6.24. The van der Waals surface area contributed by atoms with Gasteiger partial charge in [-0.05, 0) is 50.8 Å². The van der Waals surface area contributed by atoms with Crippen LogP contribution in [-0.4, -0.2) is 35.0 Å². The van der Waals surface area contributed by atoms with Crippen molar-refractivity contribution in [2.45, 2.75) is 52.0 Å². The normalized spacial score (nSPS) is 16.3. The molecular weight excluding hydrogens is 384 g/mol. The van der Waals surface area contributed by atoms with Gasteiger partial charge in [0.05, 0.1) is 11.6 Å². The summed E-state index contributed by atoms with van der Waals surface area (Å²) in [7, 11) is 0. The van der Waals surface area contributed by atoms with Crippen LogP contribution in [0.4, 0.5) is 5.82 Å². The molecule has 6 nitrogen and oxygen atoms in total. The molecule has 0 bridgehead atoms. The molecule has 1 N–H and O–H groups in total. The van der Waals surface area contributed by atoms with Gasteiger partial charge in [0.2, 0.25) is 5.91 Å². The van der Waals surface area contributed by atoms with E-state index in [0.29, 0.717) is 0 Å². The van der Waals surface area contributed by atoms with Gasteiger partial charge in [0.1, 0.15) is 22.7 Å². The molecule has 1 fully saturated rings. The highest BCUT2D eigenvalue weighted by atomic mass is 32.1. The predicted octanol–water partition coefficient (Wildman–Crippen LogP) is 4.20. The van der Waals surface area contributed by atoms with E-state index in [2.05, 4.69) is 40.1 Å². The Hall–Kier alpha value is -2.41. The number of furan rings is 1. The van der Waals surface area contributed by atoms with E-state index in [0.717, 1.165) is 67.0 Å². The summed E-state index contributed by atoms with van der Waals surface area (Å²) in [4.78, 5) is 26.4. The third-order valence-corrected chi connectivity index (χ3v) is 6.85. The number of hydrogen-bond donors (Lipinski definition) is 1. The maximum absolute atomic E-state index is 12.7. The fourth-order valence-corrected chi connectivity index (χ4v) is 4.85. The van der Waals surface area contributed by atoms with Gasteiger partial charge in [-0.2, -0.15) is 0 Å². The zero-order valence-corrected chi connectivity index (χ0v) is 17.9. The first-order chi connectivity index (χ1) is 14.1. The number of thiophene rings is 1. The van der Waals surface area contributed by atoms with Crippen LogP contribution in [0.25, 0.3) is 10.2 Å². The third-order valence-electron chi connectivity index (χ3n) is 5.67. The lowest BCUT2D eigenvalue weighted by molar-refractivity contribution is -0.126. The minimum Gasteiger partial charge on any atom is -0.469 e. The first-order valence-corrected chi connectivity index (χ1v) is 11.3. The maximum Gasteiger partial charge on any atom is 0.223 e. The highest BCUT2D eigenvalue weighted by Gasteiger charge is 2.27. The van der Waals surface area contributed by atoms with E-state index in [9.17, 15) is 4.79 Å². The summed E-state index contributed by atoms with van der Waals surface area (Å²) in [5, 5.41) is 4.33. The summed E-state index contributed by atoms with van der Waals surface area (Å²) < 4.78 is 5.37. The number of hydrogen-bond acceptors (Lipinski definition) is 6. The van der Waals surface area contributed by atoms with Crippen LogP contribution in [0.15, 0.2) is 35.2 Å². The van der Waals surface area contributed by atoms with Gasteiger partial charge in [0.25, 0.3) is 0 Å². The van der Waals surface area contributed by atoms with Gasteiger partial charge in [0.15, 0.2) is 0 Å². The van der Waals surface area contributed by atoms with Gasteiger partial charge >= 0.3 is 0 Å². The second-order valence-electron chi connectivity index (χ2n) is 7.77. The molecule has 4 rings (SSSR count).